The number of ether oxygens (including phenoxy) is 2. The van der Waals surface area contributed by atoms with Gasteiger partial charge in [-0.2, -0.15) is 0 Å². The SMILES string of the molecule is COc1ccc(CCNC(=O)CN2C(=O)N(CCCC(=O)NCCc3ccc(Cl)cc3)C(=O)C3CCCCC32)cc1OC. The number of halogens is 1. The van der Waals surface area contributed by atoms with E-state index in [1.165, 1.54) is 4.90 Å². The first-order valence-corrected chi connectivity index (χ1v) is 15.3. The highest BCUT2D eigenvalue weighted by Gasteiger charge is 2.47. The maximum atomic E-state index is 13.5. The fourth-order valence-corrected chi connectivity index (χ4v) is 5.96. The zero-order valence-corrected chi connectivity index (χ0v) is 25.7. The van der Waals surface area contributed by atoms with Crippen molar-refractivity contribution in [2.75, 3.05) is 40.4 Å². The summed E-state index contributed by atoms with van der Waals surface area (Å²) < 4.78 is 10.6. The molecule has 2 atom stereocenters. The summed E-state index contributed by atoms with van der Waals surface area (Å²) in [5.74, 6) is 0.338. The quantitative estimate of drug-likeness (QED) is 0.333. The molecule has 2 unspecified atom stereocenters. The third-order valence-electron chi connectivity index (χ3n) is 8.12. The van der Waals surface area contributed by atoms with Gasteiger partial charge in [-0.15, -0.1) is 0 Å². The van der Waals surface area contributed by atoms with Gasteiger partial charge in [-0.05, 0) is 67.5 Å². The van der Waals surface area contributed by atoms with Gasteiger partial charge in [0.25, 0.3) is 0 Å². The molecule has 5 amide bonds. The van der Waals surface area contributed by atoms with Gasteiger partial charge in [-0.1, -0.05) is 42.6 Å². The largest absolute Gasteiger partial charge is 0.493 e. The van der Waals surface area contributed by atoms with Crippen LogP contribution >= 0.6 is 11.6 Å². The molecule has 11 heteroatoms. The summed E-state index contributed by atoms with van der Waals surface area (Å²) in [6.45, 7) is 0.907. The number of hydrogen-bond donors (Lipinski definition) is 2. The van der Waals surface area contributed by atoms with Gasteiger partial charge in [0.05, 0.1) is 20.1 Å². The molecule has 1 saturated carbocycles. The van der Waals surface area contributed by atoms with Crippen molar-refractivity contribution >= 4 is 35.4 Å². The van der Waals surface area contributed by atoms with Crippen LogP contribution in [0.5, 0.6) is 11.5 Å². The van der Waals surface area contributed by atoms with E-state index >= 15 is 0 Å². The average molecular weight is 613 g/mol. The minimum Gasteiger partial charge on any atom is -0.493 e. The summed E-state index contributed by atoms with van der Waals surface area (Å²) >= 11 is 5.92. The van der Waals surface area contributed by atoms with Crippen LogP contribution in [0, 0.1) is 5.92 Å². The number of methoxy groups -OCH3 is 2. The molecule has 2 fully saturated rings. The fraction of sp³-hybridized carbons (Fsp3) is 0.500. The first kappa shape index (κ1) is 32.1. The van der Waals surface area contributed by atoms with Crippen LogP contribution in [-0.4, -0.2) is 80.0 Å². The monoisotopic (exact) mass is 612 g/mol. The van der Waals surface area contributed by atoms with Gasteiger partial charge in [0.15, 0.2) is 11.5 Å². The number of benzene rings is 2. The van der Waals surface area contributed by atoms with E-state index in [0.29, 0.717) is 61.7 Å². The van der Waals surface area contributed by atoms with E-state index in [9.17, 15) is 19.2 Å². The molecule has 1 aliphatic heterocycles. The maximum Gasteiger partial charge on any atom is 0.327 e. The summed E-state index contributed by atoms with van der Waals surface area (Å²) in [6, 6.07) is 12.3. The summed E-state index contributed by atoms with van der Waals surface area (Å²) in [5.41, 5.74) is 2.05. The van der Waals surface area contributed by atoms with Crippen LogP contribution in [0.2, 0.25) is 5.02 Å². The molecule has 2 aromatic rings. The number of amides is 5. The van der Waals surface area contributed by atoms with Gasteiger partial charge in [0.1, 0.15) is 6.54 Å². The second-order valence-electron chi connectivity index (χ2n) is 11.0. The number of hydrogen-bond acceptors (Lipinski definition) is 6. The van der Waals surface area contributed by atoms with Crippen molar-refractivity contribution in [1.82, 2.24) is 20.4 Å². The van der Waals surface area contributed by atoms with Crippen molar-refractivity contribution in [3.8, 4) is 11.5 Å². The van der Waals surface area contributed by atoms with Gasteiger partial charge in [0, 0.05) is 37.1 Å². The van der Waals surface area contributed by atoms with Crippen molar-refractivity contribution in [2.24, 2.45) is 5.92 Å². The van der Waals surface area contributed by atoms with Crippen molar-refractivity contribution < 1.29 is 28.7 Å². The number of nitrogens with zero attached hydrogens (tertiary/aromatic N) is 2. The Hall–Kier alpha value is -3.79. The smallest absolute Gasteiger partial charge is 0.327 e. The molecule has 232 valence electrons. The number of rotatable bonds is 14. The average Bonchev–Trinajstić information content (AvgIpc) is 3.01. The van der Waals surface area contributed by atoms with E-state index in [-0.39, 0.29) is 49.2 Å². The third-order valence-corrected chi connectivity index (χ3v) is 8.37. The summed E-state index contributed by atoms with van der Waals surface area (Å²) in [4.78, 5) is 54.9. The molecule has 0 aromatic heterocycles. The van der Waals surface area contributed by atoms with E-state index in [1.54, 1.807) is 19.1 Å². The van der Waals surface area contributed by atoms with Gasteiger partial charge < -0.3 is 25.0 Å². The van der Waals surface area contributed by atoms with Crippen LogP contribution in [-0.2, 0) is 27.2 Å². The molecule has 4 rings (SSSR count). The van der Waals surface area contributed by atoms with Crippen LogP contribution < -0.4 is 20.1 Å². The highest BCUT2D eigenvalue weighted by molar-refractivity contribution is 6.30. The molecule has 2 aromatic carbocycles. The van der Waals surface area contributed by atoms with Crippen LogP contribution in [0.4, 0.5) is 4.79 Å². The molecular weight excluding hydrogens is 572 g/mol. The zero-order valence-electron chi connectivity index (χ0n) is 24.9. The van der Waals surface area contributed by atoms with Crippen LogP contribution in [0.25, 0.3) is 0 Å². The topological polar surface area (TPSA) is 117 Å². The first-order chi connectivity index (χ1) is 20.8. The van der Waals surface area contributed by atoms with Crippen molar-refractivity contribution in [2.45, 2.75) is 57.4 Å². The Kier molecular flexibility index (Phi) is 11.7. The number of fused-ring (bicyclic) bond motifs is 1. The van der Waals surface area contributed by atoms with E-state index < -0.39 is 6.03 Å². The van der Waals surface area contributed by atoms with E-state index in [0.717, 1.165) is 24.0 Å². The Morgan fingerprint density at radius 2 is 1.53 bits per heavy atom. The second kappa shape index (κ2) is 15.6. The lowest BCUT2D eigenvalue weighted by Crippen LogP contribution is -2.64. The van der Waals surface area contributed by atoms with Crippen LogP contribution in [0.3, 0.4) is 0 Å². The van der Waals surface area contributed by atoms with Gasteiger partial charge in [-0.3, -0.25) is 19.3 Å². The van der Waals surface area contributed by atoms with Crippen molar-refractivity contribution in [3.05, 3.63) is 58.6 Å². The van der Waals surface area contributed by atoms with Crippen molar-refractivity contribution in [1.29, 1.82) is 0 Å². The normalized spacial score (nSPS) is 18.2. The van der Waals surface area contributed by atoms with E-state index in [2.05, 4.69) is 10.6 Å². The molecular formula is C32H41ClN4O6. The van der Waals surface area contributed by atoms with E-state index in [4.69, 9.17) is 21.1 Å². The number of urea groups is 1. The van der Waals surface area contributed by atoms with Crippen LogP contribution in [0.15, 0.2) is 42.5 Å². The van der Waals surface area contributed by atoms with E-state index in [1.807, 2.05) is 42.5 Å². The summed E-state index contributed by atoms with van der Waals surface area (Å²) in [5, 5.41) is 6.47. The highest BCUT2D eigenvalue weighted by atomic mass is 35.5. The maximum absolute atomic E-state index is 13.5. The Bertz CT molecular complexity index is 1290. The molecule has 2 N–H and O–H groups in total. The predicted octanol–water partition coefficient (Wildman–Crippen LogP) is 3.98. The number of imide groups is 1. The first-order valence-electron chi connectivity index (χ1n) is 14.9. The molecule has 1 saturated heterocycles. The Balaban J connectivity index is 1.27. The lowest BCUT2D eigenvalue weighted by molar-refractivity contribution is -0.142. The Morgan fingerprint density at radius 3 is 2.26 bits per heavy atom. The number of nitrogens with one attached hydrogen (secondary N) is 2. The Morgan fingerprint density at radius 1 is 0.884 bits per heavy atom. The van der Waals surface area contributed by atoms with Crippen molar-refractivity contribution in [3.63, 3.8) is 0 Å². The van der Waals surface area contributed by atoms with Gasteiger partial charge in [-0.25, -0.2) is 4.79 Å². The van der Waals surface area contributed by atoms with Gasteiger partial charge in [0.2, 0.25) is 17.7 Å². The molecule has 1 heterocycles. The summed E-state index contributed by atoms with van der Waals surface area (Å²) in [7, 11) is 3.15. The molecule has 43 heavy (non-hydrogen) atoms. The highest BCUT2D eigenvalue weighted by Crippen LogP contribution is 2.34. The third kappa shape index (κ3) is 8.63. The molecule has 0 radical (unpaired) electrons. The van der Waals surface area contributed by atoms with Crippen LogP contribution in [0.1, 0.15) is 49.7 Å². The lowest BCUT2D eigenvalue weighted by Gasteiger charge is -2.46. The molecule has 10 nitrogen and oxygen atoms in total. The zero-order chi connectivity index (χ0) is 30.8. The minimum atomic E-state index is -0.452. The molecule has 1 aliphatic carbocycles. The molecule has 2 aliphatic rings. The standard InChI is InChI=1S/C32H41ClN4O6/c1-42-27-14-11-23(20-28(27)43-2)16-18-35-30(39)21-37-26-7-4-3-6-25(26)31(40)36(32(37)41)19-5-8-29(38)34-17-15-22-9-12-24(33)13-10-22/h9-14,20,25-26H,3-8,15-19,21H2,1-2H3,(H,34,38)(H,35,39). The minimum absolute atomic E-state index is 0.110. The fourth-order valence-electron chi connectivity index (χ4n) is 5.83. The second-order valence-corrected chi connectivity index (χ2v) is 11.4. The number of carbonyl (C=O) groups excluding carboxylic acids is 4. The number of carbonyl (C=O) groups is 4. The molecule has 0 bridgehead atoms. The van der Waals surface area contributed by atoms with Gasteiger partial charge >= 0.3 is 6.03 Å². The lowest BCUT2D eigenvalue weighted by atomic mass is 9.81. The summed E-state index contributed by atoms with van der Waals surface area (Å²) in [6.07, 6.45) is 5.03. The predicted molar refractivity (Wildman–Crippen MR) is 163 cm³/mol. The molecule has 0 spiro atoms. The Labute approximate surface area is 258 Å².